The lowest BCUT2D eigenvalue weighted by atomic mass is 9.98. The smallest absolute Gasteiger partial charge is 0.294 e. The summed E-state index contributed by atoms with van der Waals surface area (Å²) in [5.74, 6) is 0.696. The van der Waals surface area contributed by atoms with Gasteiger partial charge in [0.1, 0.15) is 24.6 Å². The molecular formula is C22H33N3O6. The second-order valence-corrected chi connectivity index (χ2v) is 8.42. The van der Waals surface area contributed by atoms with Crippen molar-refractivity contribution < 1.29 is 24.6 Å². The third-order valence-electron chi connectivity index (χ3n) is 5.21. The Morgan fingerprint density at radius 2 is 2.10 bits per heavy atom. The Hall–Kier alpha value is -2.65. The number of piperidine rings is 1. The Kier molecular flexibility index (Phi) is 9.26. The number of nitrogens with one attached hydrogen (secondary N) is 1. The molecule has 9 heteroatoms. The molecule has 0 spiro atoms. The highest BCUT2D eigenvalue weighted by atomic mass is 17.0. The number of allylic oxidation sites excluding steroid dienone is 1. The van der Waals surface area contributed by atoms with E-state index in [1.807, 2.05) is 38.1 Å². The summed E-state index contributed by atoms with van der Waals surface area (Å²) in [6.45, 7) is 8.84. The molecule has 1 aromatic rings. The maximum absolute atomic E-state index is 12.6. The van der Waals surface area contributed by atoms with E-state index in [0.29, 0.717) is 32.4 Å². The van der Waals surface area contributed by atoms with Crippen LogP contribution in [0.4, 0.5) is 0 Å². The van der Waals surface area contributed by atoms with Gasteiger partial charge in [-0.05, 0) is 44.7 Å². The van der Waals surface area contributed by atoms with Crippen molar-refractivity contribution in [1.29, 1.82) is 0 Å². The van der Waals surface area contributed by atoms with E-state index >= 15 is 0 Å². The predicted molar refractivity (Wildman–Crippen MR) is 116 cm³/mol. The maximum Gasteiger partial charge on any atom is 0.294 e. The molecule has 1 unspecified atom stereocenters. The molecule has 0 saturated carbocycles. The Morgan fingerprint density at radius 3 is 2.74 bits per heavy atom. The van der Waals surface area contributed by atoms with Gasteiger partial charge in [0.2, 0.25) is 5.91 Å². The van der Waals surface area contributed by atoms with Crippen LogP contribution in [0.1, 0.15) is 38.7 Å². The van der Waals surface area contributed by atoms with E-state index in [1.165, 1.54) is 0 Å². The summed E-state index contributed by atoms with van der Waals surface area (Å²) in [6, 6.07) is 7.64. The van der Waals surface area contributed by atoms with E-state index in [9.17, 15) is 20.0 Å². The highest BCUT2D eigenvalue weighted by Gasteiger charge is 2.29. The highest BCUT2D eigenvalue weighted by molar-refractivity contribution is 5.77. The summed E-state index contributed by atoms with van der Waals surface area (Å²) in [5, 5.41) is 23.2. The number of hydrogen-bond donors (Lipinski definition) is 2. The van der Waals surface area contributed by atoms with E-state index in [0.717, 1.165) is 11.3 Å². The Labute approximate surface area is 183 Å². The average molecular weight is 436 g/mol. The summed E-state index contributed by atoms with van der Waals surface area (Å²) in [6.07, 6.45) is 2.46. The molecule has 2 rings (SSSR count). The van der Waals surface area contributed by atoms with Crippen molar-refractivity contribution in [1.82, 2.24) is 10.2 Å². The molecule has 0 aliphatic carbocycles. The molecule has 0 aromatic heterocycles. The van der Waals surface area contributed by atoms with E-state index < -0.39 is 22.8 Å². The number of nitrogens with zero attached hydrogens (tertiary/aromatic N) is 2. The van der Waals surface area contributed by atoms with Crippen molar-refractivity contribution in [3.8, 4) is 5.75 Å². The number of carbonyl (C=O) groups is 1. The molecule has 1 fully saturated rings. The standard InChI is InChI=1S/C22H33N3O6/c1-4-7-17-8-5-6-9-20(17)30-16-18(26)15-23-22(2,3)14-21(27)24-12-10-19(11-13-24)31-25(28)29/h4-6,8-9,18-19,23,26H,1,7,10-16H2,2-3H3. The van der Waals surface area contributed by atoms with Crippen LogP contribution in [0.5, 0.6) is 5.75 Å². The second-order valence-electron chi connectivity index (χ2n) is 8.42. The van der Waals surface area contributed by atoms with Crippen LogP contribution < -0.4 is 10.1 Å². The van der Waals surface area contributed by atoms with Gasteiger partial charge in [-0.25, -0.2) is 0 Å². The van der Waals surface area contributed by atoms with Crippen molar-refractivity contribution in [3.63, 3.8) is 0 Å². The van der Waals surface area contributed by atoms with Crippen LogP contribution in [-0.2, 0) is 16.1 Å². The van der Waals surface area contributed by atoms with Gasteiger partial charge in [0, 0.05) is 31.6 Å². The number of likely N-dealkylation sites (tertiary alicyclic amines) is 1. The molecule has 1 atom stereocenters. The van der Waals surface area contributed by atoms with Crippen LogP contribution in [0.15, 0.2) is 36.9 Å². The lowest BCUT2D eigenvalue weighted by molar-refractivity contribution is -0.769. The third kappa shape index (κ3) is 8.55. The number of ether oxygens (including phenoxy) is 1. The van der Waals surface area contributed by atoms with Crippen LogP contribution >= 0.6 is 0 Å². The molecule has 1 aromatic carbocycles. The number of para-hydroxylation sites is 1. The van der Waals surface area contributed by atoms with Gasteiger partial charge < -0.3 is 24.9 Å². The fraction of sp³-hybridized carbons (Fsp3) is 0.591. The fourth-order valence-corrected chi connectivity index (χ4v) is 3.49. The van der Waals surface area contributed by atoms with Crippen LogP contribution in [0.3, 0.4) is 0 Å². The molecule has 1 aliphatic heterocycles. The van der Waals surface area contributed by atoms with Gasteiger partial charge in [-0.15, -0.1) is 16.7 Å². The largest absolute Gasteiger partial charge is 0.491 e. The van der Waals surface area contributed by atoms with Gasteiger partial charge in [-0.2, -0.15) is 0 Å². The summed E-state index contributed by atoms with van der Waals surface area (Å²) in [5.41, 5.74) is 0.489. The molecule has 0 bridgehead atoms. The van der Waals surface area contributed by atoms with Crippen molar-refractivity contribution in [2.24, 2.45) is 0 Å². The Bertz CT molecular complexity index is 747. The summed E-state index contributed by atoms with van der Waals surface area (Å²) >= 11 is 0. The first kappa shape index (κ1) is 24.6. The van der Waals surface area contributed by atoms with Crippen molar-refractivity contribution in [2.75, 3.05) is 26.2 Å². The molecular weight excluding hydrogens is 402 g/mol. The Balaban J connectivity index is 1.74. The first-order valence-corrected chi connectivity index (χ1v) is 10.5. The molecule has 9 nitrogen and oxygen atoms in total. The highest BCUT2D eigenvalue weighted by Crippen LogP contribution is 2.20. The van der Waals surface area contributed by atoms with E-state index in [-0.39, 0.29) is 25.5 Å². The van der Waals surface area contributed by atoms with Crippen molar-refractivity contribution in [2.45, 2.75) is 57.3 Å². The first-order valence-electron chi connectivity index (χ1n) is 10.5. The first-order chi connectivity index (χ1) is 14.7. The molecule has 1 heterocycles. The summed E-state index contributed by atoms with van der Waals surface area (Å²) < 4.78 is 5.76. The van der Waals surface area contributed by atoms with Crippen LogP contribution in [-0.4, -0.2) is 65.0 Å². The Morgan fingerprint density at radius 1 is 1.42 bits per heavy atom. The van der Waals surface area contributed by atoms with E-state index in [2.05, 4.69) is 16.7 Å². The van der Waals surface area contributed by atoms with Crippen LogP contribution in [0.25, 0.3) is 0 Å². The number of aliphatic hydroxyl groups is 1. The van der Waals surface area contributed by atoms with Gasteiger partial charge in [0.15, 0.2) is 0 Å². The molecule has 1 saturated heterocycles. The SMILES string of the molecule is C=CCc1ccccc1OCC(O)CNC(C)(C)CC(=O)N1CCC(O[N+](=O)[O-])CC1. The topological polar surface area (TPSA) is 114 Å². The van der Waals surface area contributed by atoms with Crippen molar-refractivity contribution in [3.05, 3.63) is 52.6 Å². The van der Waals surface area contributed by atoms with E-state index in [4.69, 9.17) is 4.74 Å². The number of hydrogen-bond acceptors (Lipinski definition) is 7. The van der Waals surface area contributed by atoms with Gasteiger partial charge in [-0.1, -0.05) is 24.3 Å². The number of benzene rings is 1. The van der Waals surface area contributed by atoms with Gasteiger partial charge >= 0.3 is 0 Å². The monoisotopic (exact) mass is 435 g/mol. The minimum absolute atomic E-state index is 0.0267. The maximum atomic E-state index is 12.6. The average Bonchev–Trinajstić information content (AvgIpc) is 2.71. The van der Waals surface area contributed by atoms with Crippen molar-refractivity contribution >= 4 is 5.91 Å². The minimum atomic E-state index is -0.776. The normalized spacial score (nSPS) is 15.9. The molecule has 172 valence electrons. The van der Waals surface area contributed by atoms with Crippen LogP contribution in [0, 0.1) is 10.1 Å². The van der Waals surface area contributed by atoms with Gasteiger partial charge in [0.25, 0.3) is 5.09 Å². The van der Waals surface area contributed by atoms with Gasteiger partial charge in [-0.3, -0.25) is 4.79 Å². The zero-order chi connectivity index (χ0) is 22.9. The van der Waals surface area contributed by atoms with Crippen LogP contribution in [0.2, 0.25) is 0 Å². The second kappa shape index (κ2) is 11.7. The zero-order valence-electron chi connectivity index (χ0n) is 18.3. The summed E-state index contributed by atoms with van der Waals surface area (Å²) in [7, 11) is 0. The zero-order valence-corrected chi connectivity index (χ0v) is 18.3. The quantitative estimate of drug-likeness (QED) is 0.294. The van der Waals surface area contributed by atoms with Gasteiger partial charge in [0.05, 0.1) is 0 Å². The summed E-state index contributed by atoms with van der Waals surface area (Å²) in [4.78, 5) is 29.3. The molecule has 2 N–H and O–H groups in total. The molecule has 31 heavy (non-hydrogen) atoms. The lowest BCUT2D eigenvalue weighted by Gasteiger charge is -2.34. The molecule has 0 radical (unpaired) electrons. The predicted octanol–water partition coefficient (Wildman–Crippen LogP) is 2.11. The molecule has 1 amide bonds. The number of amides is 1. The number of carbonyl (C=O) groups excluding carboxylic acids is 1. The minimum Gasteiger partial charge on any atom is -0.491 e. The third-order valence-corrected chi connectivity index (χ3v) is 5.21. The number of rotatable bonds is 12. The number of aliphatic hydroxyl groups excluding tert-OH is 1. The number of β-amino-alcohol motifs (C(OH)–C–C–N with tert-alkyl or cyclic N) is 1. The lowest BCUT2D eigenvalue weighted by Crippen LogP contribution is -2.49. The molecule has 1 aliphatic rings. The fourth-order valence-electron chi connectivity index (χ4n) is 3.49. The van der Waals surface area contributed by atoms with E-state index in [1.54, 1.807) is 11.0 Å².